The smallest absolute Gasteiger partial charge is 0.245 e. The molecule has 1 aliphatic rings. The fourth-order valence-electron chi connectivity index (χ4n) is 2.33. The van der Waals surface area contributed by atoms with Gasteiger partial charge in [0.05, 0.1) is 6.54 Å². The number of hydrogen-bond donors (Lipinski definition) is 2. The van der Waals surface area contributed by atoms with E-state index in [1.165, 1.54) is 4.90 Å². The number of carbonyl (C=O) groups is 2. The predicted molar refractivity (Wildman–Crippen MR) is 78.5 cm³/mol. The van der Waals surface area contributed by atoms with Crippen molar-refractivity contribution >= 4 is 17.5 Å². The van der Waals surface area contributed by atoms with Gasteiger partial charge in [0.15, 0.2) is 0 Å². The molecule has 1 aromatic rings. The van der Waals surface area contributed by atoms with Crippen LogP contribution in [0, 0.1) is 0 Å². The van der Waals surface area contributed by atoms with Crippen LogP contribution in [-0.2, 0) is 16.0 Å². The van der Waals surface area contributed by atoms with E-state index in [4.69, 9.17) is 0 Å². The van der Waals surface area contributed by atoms with E-state index >= 15 is 0 Å². The van der Waals surface area contributed by atoms with Crippen molar-refractivity contribution in [3.05, 3.63) is 29.8 Å². The van der Waals surface area contributed by atoms with E-state index in [2.05, 4.69) is 10.6 Å². The first-order valence-corrected chi connectivity index (χ1v) is 6.98. The SMILES string of the molecule is CCCNC(=O)CN(C)C(=O)[C@@H]1Cc2ccccc2N1. The van der Waals surface area contributed by atoms with Gasteiger partial charge in [-0.25, -0.2) is 0 Å². The van der Waals surface area contributed by atoms with E-state index in [1.807, 2.05) is 31.2 Å². The Morgan fingerprint density at radius 1 is 1.40 bits per heavy atom. The molecule has 1 aromatic carbocycles. The number of nitrogens with zero attached hydrogens (tertiary/aromatic N) is 1. The standard InChI is InChI=1S/C15H21N3O2/c1-3-8-16-14(19)10-18(2)15(20)13-9-11-6-4-5-7-12(11)17-13/h4-7,13,17H,3,8-10H2,1-2H3,(H,16,19)/t13-/m0/s1. The molecule has 1 atom stereocenters. The highest BCUT2D eigenvalue weighted by atomic mass is 16.2. The molecule has 0 bridgehead atoms. The number of anilines is 1. The van der Waals surface area contributed by atoms with Gasteiger partial charge >= 0.3 is 0 Å². The first-order chi connectivity index (χ1) is 9.61. The van der Waals surface area contributed by atoms with Crippen LogP contribution < -0.4 is 10.6 Å². The molecular formula is C15H21N3O2. The Hall–Kier alpha value is -2.04. The highest BCUT2D eigenvalue weighted by molar-refractivity contribution is 5.90. The highest BCUT2D eigenvalue weighted by Gasteiger charge is 2.29. The molecule has 108 valence electrons. The zero-order valence-corrected chi connectivity index (χ0v) is 12.0. The van der Waals surface area contributed by atoms with Crippen molar-refractivity contribution < 1.29 is 9.59 Å². The Kier molecular flexibility index (Phi) is 4.61. The first kappa shape index (κ1) is 14.4. The van der Waals surface area contributed by atoms with Gasteiger partial charge in [0, 0.05) is 25.7 Å². The van der Waals surface area contributed by atoms with Crippen molar-refractivity contribution in [2.24, 2.45) is 0 Å². The second kappa shape index (κ2) is 6.41. The molecule has 0 unspecified atom stereocenters. The lowest BCUT2D eigenvalue weighted by Gasteiger charge is -2.21. The Labute approximate surface area is 119 Å². The molecular weight excluding hydrogens is 254 g/mol. The number of likely N-dealkylation sites (N-methyl/N-ethyl adjacent to an activating group) is 1. The van der Waals surface area contributed by atoms with Crippen LogP contribution >= 0.6 is 0 Å². The molecule has 0 saturated heterocycles. The molecule has 5 heteroatoms. The van der Waals surface area contributed by atoms with Crippen molar-refractivity contribution in [1.82, 2.24) is 10.2 Å². The first-order valence-electron chi connectivity index (χ1n) is 6.98. The summed E-state index contributed by atoms with van der Waals surface area (Å²) in [5, 5.41) is 5.98. The van der Waals surface area contributed by atoms with Crippen molar-refractivity contribution in [2.75, 3.05) is 25.5 Å². The minimum absolute atomic E-state index is 0.0483. The predicted octanol–water partition coefficient (Wildman–Crippen LogP) is 1.01. The van der Waals surface area contributed by atoms with Crippen LogP contribution in [0.1, 0.15) is 18.9 Å². The summed E-state index contributed by atoms with van der Waals surface area (Å²) in [6.45, 7) is 2.75. The second-order valence-corrected chi connectivity index (χ2v) is 5.10. The van der Waals surface area contributed by atoms with Gasteiger partial charge in [0.1, 0.15) is 6.04 Å². The number of carbonyl (C=O) groups excluding carboxylic acids is 2. The van der Waals surface area contributed by atoms with Crippen LogP contribution in [0.15, 0.2) is 24.3 Å². The molecule has 2 N–H and O–H groups in total. The minimum Gasteiger partial charge on any atom is -0.373 e. The van der Waals surface area contributed by atoms with Gasteiger partial charge in [-0.1, -0.05) is 25.1 Å². The van der Waals surface area contributed by atoms with Gasteiger partial charge in [-0.3, -0.25) is 9.59 Å². The Bertz CT molecular complexity index is 477. The summed E-state index contributed by atoms with van der Waals surface area (Å²) in [7, 11) is 1.67. The van der Waals surface area contributed by atoms with E-state index in [0.29, 0.717) is 13.0 Å². The van der Waals surface area contributed by atoms with Crippen LogP contribution in [0.2, 0.25) is 0 Å². The topological polar surface area (TPSA) is 61.4 Å². The highest BCUT2D eigenvalue weighted by Crippen LogP contribution is 2.25. The van der Waals surface area contributed by atoms with Gasteiger partial charge in [0.25, 0.3) is 0 Å². The molecule has 1 aliphatic heterocycles. The number of rotatable bonds is 5. The third-order valence-corrected chi connectivity index (χ3v) is 3.40. The summed E-state index contributed by atoms with van der Waals surface area (Å²) < 4.78 is 0. The molecule has 2 amide bonds. The van der Waals surface area contributed by atoms with Gasteiger partial charge in [-0.05, 0) is 18.1 Å². The average Bonchev–Trinajstić information content (AvgIpc) is 2.87. The maximum Gasteiger partial charge on any atom is 0.245 e. The average molecular weight is 275 g/mol. The molecule has 0 aromatic heterocycles. The fourth-order valence-corrected chi connectivity index (χ4v) is 2.33. The minimum atomic E-state index is -0.267. The van der Waals surface area contributed by atoms with E-state index in [0.717, 1.165) is 17.7 Å². The third-order valence-electron chi connectivity index (χ3n) is 3.40. The van der Waals surface area contributed by atoms with Crippen molar-refractivity contribution in [2.45, 2.75) is 25.8 Å². The summed E-state index contributed by atoms with van der Waals surface area (Å²) in [5.74, 6) is -0.161. The van der Waals surface area contributed by atoms with E-state index in [9.17, 15) is 9.59 Å². The number of amides is 2. The fraction of sp³-hybridized carbons (Fsp3) is 0.467. The lowest BCUT2D eigenvalue weighted by Crippen LogP contribution is -2.44. The maximum atomic E-state index is 12.3. The summed E-state index contributed by atoms with van der Waals surface area (Å²) in [6, 6.07) is 7.63. The molecule has 20 heavy (non-hydrogen) atoms. The second-order valence-electron chi connectivity index (χ2n) is 5.10. The van der Waals surface area contributed by atoms with Crippen molar-refractivity contribution in [1.29, 1.82) is 0 Å². The summed E-state index contributed by atoms with van der Waals surface area (Å²) in [6.07, 6.45) is 1.57. The lowest BCUT2D eigenvalue weighted by molar-refractivity contribution is -0.135. The maximum absolute atomic E-state index is 12.3. The number of para-hydroxylation sites is 1. The van der Waals surface area contributed by atoms with Crippen LogP contribution in [0.25, 0.3) is 0 Å². The Morgan fingerprint density at radius 2 is 2.15 bits per heavy atom. The van der Waals surface area contributed by atoms with Gasteiger partial charge in [0.2, 0.25) is 11.8 Å². The largest absolute Gasteiger partial charge is 0.373 e. The molecule has 1 heterocycles. The molecule has 0 aliphatic carbocycles. The van der Waals surface area contributed by atoms with E-state index in [-0.39, 0.29) is 24.4 Å². The summed E-state index contributed by atoms with van der Waals surface area (Å²) in [4.78, 5) is 25.4. The Morgan fingerprint density at radius 3 is 2.85 bits per heavy atom. The van der Waals surface area contributed by atoms with Crippen LogP contribution in [0.4, 0.5) is 5.69 Å². The zero-order valence-electron chi connectivity index (χ0n) is 12.0. The lowest BCUT2D eigenvalue weighted by atomic mass is 10.1. The molecule has 0 saturated carbocycles. The van der Waals surface area contributed by atoms with Gasteiger partial charge < -0.3 is 15.5 Å². The number of benzene rings is 1. The van der Waals surface area contributed by atoms with Crippen molar-refractivity contribution in [3.63, 3.8) is 0 Å². The summed E-state index contributed by atoms with van der Waals surface area (Å²) in [5.41, 5.74) is 2.16. The third kappa shape index (κ3) is 3.29. The molecule has 2 rings (SSSR count). The number of nitrogens with one attached hydrogen (secondary N) is 2. The molecule has 5 nitrogen and oxygen atoms in total. The van der Waals surface area contributed by atoms with E-state index < -0.39 is 0 Å². The van der Waals surface area contributed by atoms with Crippen molar-refractivity contribution in [3.8, 4) is 0 Å². The van der Waals surface area contributed by atoms with Gasteiger partial charge in [-0.15, -0.1) is 0 Å². The van der Waals surface area contributed by atoms with E-state index in [1.54, 1.807) is 7.05 Å². The zero-order chi connectivity index (χ0) is 14.5. The molecule has 0 spiro atoms. The molecule has 0 fully saturated rings. The quantitative estimate of drug-likeness (QED) is 0.843. The van der Waals surface area contributed by atoms with Crippen LogP contribution in [0.3, 0.4) is 0 Å². The summed E-state index contributed by atoms with van der Waals surface area (Å²) >= 11 is 0. The number of hydrogen-bond acceptors (Lipinski definition) is 3. The Balaban J connectivity index is 1.88. The monoisotopic (exact) mass is 275 g/mol. The normalized spacial score (nSPS) is 16.2. The van der Waals surface area contributed by atoms with Crippen LogP contribution in [-0.4, -0.2) is 42.9 Å². The van der Waals surface area contributed by atoms with Crippen LogP contribution in [0.5, 0.6) is 0 Å². The molecule has 0 radical (unpaired) electrons. The number of fused-ring (bicyclic) bond motifs is 1. The van der Waals surface area contributed by atoms with Gasteiger partial charge in [-0.2, -0.15) is 0 Å².